The first-order valence-electron chi connectivity index (χ1n) is 5.13. The first-order chi connectivity index (χ1) is 5.61. The molecule has 0 saturated heterocycles. The third-order valence-corrected chi connectivity index (χ3v) is 3.38. The van der Waals surface area contributed by atoms with E-state index in [4.69, 9.17) is 0 Å². The molecule has 0 aromatic rings. The van der Waals surface area contributed by atoms with Crippen molar-refractivity contribution in [1.82, 2.24) is 0 Å². The Labute approximate surface area is 75.5 Å². The maximum absolute atomic E-state index is 11.0. The Bertz CT molecular complexity index is 150. The highest BCUT2D eigenvalue weighted by Crippen LogP contribution is 2.32. The lowest BCUT2D eigenvalue weighted by Crippen LogP contribution is -2.23. The Kier molecular flexibility index (Phi) is 3.30. The normalized spacial score (nSPS) is 23.2. The minimum absolute atomic E-state index is 0.474. The highest BCUT2D eigenvalue weighted by Gasteiger charge is 2.24. The van der Waals surface area contributed by atoms with Crippen LogP contribution in [0, 0.1) is 17.8 Å². The summed E-state index contributed by atoms with van der Waals surface area (Å²) < 4.78 is 0. The van der Waals surface area contributed by atoms with Crippen molar-refractivity contribution in [3.05, 3.63) is 0 Å². The molecule has 0 aliphatic heterocycles. The lowest BCUT2D eigenvalue weighted by Gasteiger charge is -2.29. The van der Waals surface area contributed by atoms with Crippen LogP contribution in [0.1, 0.15) is 46.5 Å². The van der Waals surface area contributed by atoms with Crippen LogP contribution in [-0.4, -0.2) is 5.78 Å². The van der Waals surface area contributed by atoms with Gasteiger partial charge in [-0.25, -0.2) is 0 Å². The van der Waals surface area contributed by atoms with Crippen LogP contribution in [-0.2, 0) is 4.79 Å². The summed E-state index contributed by atoms with van der Waals surface area (Å²) in [5.41, 5.74) is 0. The Balaban J connectivity index is 2.38. The second kappa shape index (κ2) is 4.06. The van der Waals surface area contributed by atoms with E-state index in [2.05, 4.69) is 20.8 Å². The fraction of sp³-hybridized carbons (Fsp3) is 0.909. The van der Waals surface area contributed by atoms with Crippen LogP contribution in [0.5, 0.6) is 0 Å². The first-order valence-corrected chi connectivity index (χ1v) is 5.13. The SMILES string of the molecule is CC(C)[C@H](C)C1CCC(=O)CC1. The van der Waals surface area contributed by atoms with E-state index in [1.165, 1.54) is 0 Å². The maximum atomic E-state index is 11.0. The van der Waals surface area contributed by atoms with E-state index in [1.807, 2.05) is 0 Å². The van der Waals surface area contributed by atoms with Gasteiger partial charge in [0.25, 0.3) is 0 Å². The van der Waals surface area contributed by atoms with Crippen LogP contribution in [0.2, 0.25) is 0 Å². The fourth-order valence-electron chi connectivity index (χ4n) is 2.03. The molecule has 0 unspecified atom stereocenters. The van der Waals surface area contributed by atoms with Gasteiger partial charge in [-0.3, -0.25) is 4.79 Å². The van der Waals surface area contributed by atoms with E-state index in [0.717, 1.165) is 43.4 Å². The van der Waals surface area contributed by atoms with Crippen molar-refractivity contribution < 1.29 is 4.79 Å². The maximum Gasteiger partial charge on any atom is 0.132 e. The topological polar surface area (TPSA) is 17.1 Å². The molecule has 1 atom stereocenters. The molecular weight excluding hydrogens is 148 g/mol. The van der Waals surface area contributed by atoms with E-state index < -0.39 is 0 Å². The van der Waals surface area contributed by atoms with Crippen molar-refractivity contribution in [2.45, 2.75) is 46.5 Å². The minimum atomic E-state index is 0.474. The summed E-state index contributed by atoms with van der Waals surface area (Å²) in [5, 5.41) is 0. The molecule has 0 aromatic carbocycles. The predicted molar refractivity (Wildman–Crippen MR) is 51.0 cm³/mol. The molecule has 1 fully saturated rings. The van der Waals surface area contributed by atoms with Gasteiger partial charge in [-0.1, -0.05) is 20.8 Å². The Morgan fingerprint density at radius 1 is 1.17 bits per heavy atom. The number of rotatable bonds is 2. The molecule has 0 aromatic heterocycles. The molecule has 1 heteroatoms. The minimum Gasteiger partial charge on any atom is -0.300 e. The van der Waals surface area contributed by atoms with Crippen LogP contribution in [0.25, 0.3) is 0 Å². The number of carbonyl (C=O) groups is 1. The highest BCUT2D eigenvalue weighted by molar-refractivity contribution is 5.79. The van der Waals surface area contributed by atoms with Crippen molar-refractivity contribution in [3.8, 4) is 0 Å². The van der Waals surface area contributed by atoms with E-state index >= 15 is 0 Å². The van der Waals surface area contributed by atoms with Crippen molar-refractivity contribution in [2.24, 2.45) is 17.8 Å². The number of hydrogen-bond donors (Lipinski definition) is 0. The smallest absolute Gasteiger partial charge is 0.132 e. The number of ketones is 1. The highest BCUT2D eigenvalue weighted by atomic mass is 16.1. The van der Waals surface area contributed by atoms with Gasteiger partial charge in [0, 0.05) is 12.8 Å². The molecule has 1 rings (SSSR count). The molecule has 0 radical (unpaired) electrons. The molecule has 12 heavy (non-hydrogen) atoms. The average Bonchev–Trinajstić information content (AvgIpc) is 2.04. The lowest BCUT2D eigenvalue weighted by molar-refractivity contribution is -0.121. The van der Waals surface area contributed by atoms with Gasteiger partial charge in [0.15, 0.2) is 0 Å². The van der Waals surface area contributed by atoms with Crippen molar-refractivity contribution in [2.75, 3.05) is 0 Å². The summed E-state index contributed by atoms with van der Waals surface area (Å²) in [5.74, 6) is 2.84. The second-order valence-electron chi connectivity index (χ2n) is 4.48. The van der Waals surface area contributed by atoms with Crippen molar-refractivity contribution in [3.63, 3.8) is 0 Å². The molecular formula is C11H20O. The standard InChI is InChI=1S/C11H20O/c1-8(2)9(3)10-4-6-11(12)7-5-10/h8-10H,4-7H2,1-3H3/t9-/m0/s1. The summed E-state index contributed by atoms with van der Waals surface area (Å²) >= 11 is 0. The molecule has 0 heterocycles. The fourth-order valence-corrected chi connectivity index (χ4v) is 2.03. The van der Waals surface area contributed by atoms with Gasteiger partial charge in [-0.2, -0.15) is 0 Å². The molecule has 0 bridgehead atoms. The zero-order valence-corrected chi connectivity index (χ0v) is 8.47. The molecule has 0 amide bonds. The third kappa shape index (κ3) is 2.33. The first kappa shape index (κ1) is 9.76. The molecule has 0 spiro atoms. The summed E-state index contributed by atoms with van der Waals surface area (Å²) in [6.07, 6.45) is 3.94. The Morgan fingerprint density at radius 2 is 1.67 bits per heavy atom. The quantitative estimate of drug-likeness (QED) is 0.619. The van der Waals surface area contributed by atoms with Crippen LogP contribution in [0.4, 0.5) is 0 Å². The van der Waals surface area contributed by atoms with Crippen molar-refractivity contribution in [1.29, 1.82) is 0 Å². The second-order valence-corrected chi connectivity index (χ2v) is 4.48. The number of hydrogen-bond acceptors (Lipinski definition) is 1. The van der Waals surface area contributed by atoms with E-state index in [-0.39, 0.29) is 0 Å². The summed E-state index contributed by atoms with van der Waals surface area (Å²) in [6.45, 7) is 6.88. The number of Topliss-reactive ketones (excluding diaryl/α,β-unsaturated/α-hetero) is 1. The van der Waals surface area contributed by atoms with E-state index in [1.54, 1.807) is 0 Å². The van der Waals surface area contributed by atoms with Gasteiger partial charge in [0.2, 0.25) is 0 Å². The summed E-state index contributed by atoms with van der Waals surface area (Å²) in [7, 11) is 0. The van der Waals surface area contributed by atoms with Crippen LogP contribution in [0.15, 0.2) is 0 Å². The van der Waals surface area contributed by atoms with Gasteiger partial charge in [0.1, 0.15) is 5.78 Å². The number of carbonyl (C=O) groups excluding carboxylic acids is 1. The van der Waals surface area contributed by atoms with Gasteiger partial charge in [-0.15, -0.1) is 0 Å². The van der Waals surface area contributed by atoms with E-state index in [0.29, 0.717) is 5.78 Å². The van der Waals surface area contributed by atoms with Crippen LogP contribution >= 0.6 is 0 Å². The molecule has 1 nitrogen and oxygen atoms in total. The van der Waals surface area contributed by atoms with Crippen molar-refractivity contribution >= 4 is 5.78 Å². The monoisotopic (exact) mass is 168 g/mol. The van der Waals surface area contributed by atoms with Gasteiger partial charge in [-0.05, 0) is 30.6 Å². The molecule has 70 valence electrons. The summed E-state index contributed by atoms with van der Waals surface area (Å²) in [6, 6.07) is 0. The predicted octanol–water partition coefficient (Wildman–Crippen LogP) is 3.04. The van der Waals surface area contributed by atoms with Gasteiger partial charge in [0.05, 0.1) is 0 Å². The summed E-state index contributed by atoms with van der Waals surface area (Å²) in [4.78, 5) is 11.0. The lowest BCUT2D eigenvalue weighted by atomic mass is 9.76. The van der Waals surface area contributed by atoms with Crippen LogP contribution in [0.3, 0.4) is 0 Å². The Morgan fingerprint density at radius 3 is 2.08 bits per heavy atom. The van der Waals surface area contributed by atoms with Gasteiger partial charge >= 0.3 is 0 Å². The average molecular weight is 168 g/mol. The zero-order chi connectivity index (χ0) is 9.14. The Hall–Kier alpha value is -0.330. The largest absolute Gasteiger partial charge is 0.300 e. The molecule has 1 aliphatic carbocycles. The molecule has 1 aliphatic rings. The van der Waals surface area contributed by atoms with Gasteiger partial charge < -0.3 is 0 Å². The zero-order valence-electron chi connectivity index (χ0n) is 8.47. The molecule has 0 N–H and O–H groups in total. The van der Waals surface area contributed by atoms with Crippen LogP contribution < -0.4 is 0 Å². The molecule has 1 saturated carbocycles. The van der Waals surface area contributed by atoms with E-state index in [9.17, 15) is 4.79 Å². The third-order valence-electron chi connectivity index (χ3n) is 3.38.